The van der Waals surface area contributed by atoms with Gasteiger partial charge in [-0.15, -0.1) is 4.28 Å². The standard InChI is InChI=1S/C12H18N4O7S/c1-7-4-8-6-15(12(18)16(8)23-24(19,20)21)10(7)11(17)14-22-9-2-3-13-5-9/h4,8-10,13H,2-3,5-6H2,1H3,(H,14,17)(H,19,20,21)/t8-,9+,10+/m1/s1. The molecule has 0 aromatic heterocycles. The van der Waals surface area contributed by atoms with Gasteiger partial charge in [-0.25, -0.2) is 10.3 Å². The van der Waals surface area contributed by atoms with Crippen molar-refractivity contribution in [2.24, 2.45) is 0 Å². The summed E-state index contributed by atoms with van der Waals surface area (Å²) in [6, 6.07) is -2.46. The lowest BCUT2D eigenvalue weighted by molar-refractivity contribution is -0.141. The average molecular weight is 362 g/mol. The Hall–Kier alpha value is -1.73. The number of fused-ring (bicyclic) bond motifs is 2. The Balaban J connectivity index is 1.69. The van der Waals surface area contributed by atoms with Crippen molar-refractivity contribution < 1.29 is 31.7 Å². The predicted octanol–water partition coefficient (Wildman–Crippen LogP) is -1.43. The van der Waals surface area contributed by atoms with E-state index in [0.29, 0.717) is 17.2 Å². The molecule has 12 heteroatoms. The lowest BCUT2D eigenvalue weighted by atomic mass is 10.0. The van der Waals surface area contributed by atoms with Crippen LogP contribution in [0, 0.1) is 0 Å². The number of nitrogens with one attached hydrogen (secondary N) is 2. The molecule has 24 heavy (non-hydrogen) atoms. The van der Waals surface area contributed by atoms with Gasteiger partial charge >= 0.3 is 16.4 Å². The molecule has 3 aliphatic rings. The Morgan fingerprint density at radius 2 is 2.25 bits per heavy atom. The largest absolute Gasteiger partial charge is 0.418 e. The van der Waals surface area contributed by atoms with Gasteiger partial charge in [0.1, 0.15) is 6.04 Å². The Bertz CT molecular complexity index is 673. The Kier molecular flexibility index (Phi) is 4.48. The number of hydrogen-bond acceptors (Lipinski definition) is 7. The van der Waals surface area contributed by atoms with Gasteiger partial charge in [-0.2, -0.15) is 13.5 Å². The second-order valence-electron chi connectivity index (χ2n) is 5.84. The Labute approximate surface area is 138 Å². The van der Waals surface area contributed by atoms with E-state index in [9.17, 15) is 18.0 Å². The van der Waals surface area contributed by atoms with Gasteiger partial charge in [0, 0.05) is 6.54 Å². The minimum absolute atomic E-state index is 0.0643. The summed E-state index contributed by atoms with van der Waals surface area (Å²) in [5.41, 5.74) is 2.90. The number of urea groups is 1. The summed E-state index contributed by atoms with van der Waals surface area (Å²) in [7, 11) is -4.84. The number of hydrogen-bond donors (Lipinski definition) is 3. The summed E-state index contributed by atoms with van der Waals surface area (Å²) in [4.78, 5) is 31.1. The zero-order valence-corrected chi connectivity index (χ0v) is 13.7. The van der Waals surface area contributed by atoms with E-state index in [0.717, 1.165) is 17.9 Å². The first-order chi connectivity index (χ1) is 11.3. The number of rotatable bonds is 5. The highest BCUT2D eigenvalue weighted by atomic mass is 32.3. The van der Waals surface area contributed by atoms with Crippen molar-refractivity contribution in [2.75, 3.05) is 19.6 Å². The molecular formula is C12H18N4O7S. The van der Waals surface area contributed by atoms with Gasteiger partial charge in [0.15, 0.2) is 0 Å². The highest BCUT2D eigenvalue weighted by molar-refractivity contribution is 7.80. The van der Waals surface area contributed by atoms with Crippen molar-refractivity contribution in [3.05, 3.63) is 11.6 Å². The third-order valence-electron chi connectivity index (χ3n) is 4.08. The van der Waals surface area contributed by atoms with E-state index >= 15 is 0 Å². The van der Waals surface area contributed by atoms with E-state index in [1.165, 1.54) is 0 Å². The van der Waals surface area contributed by atoms with Gasteiger partial charge in [0.25, 0.3) is 5.91 Å². The molecule has 3 aliphatic heterocycles. The smallest absolute Gasteiger partial charge is 0.314 e. The topological polar surface area (TPSA) is 138 Å². The van der Waals surface area contributed by atoms with E-state index in [1.54, 1.807) is 13.0 Å². The van der Waals surface area contributed by atoms with Crippen molar-refractivity contribution in [3.8, 4) is 0 Å². The van der Waals surface area contributed by atoms with Gasteiger partial charge in [-0.05, 0) is 25.5 Å². The third kappa shape index (κ3) is 3.37. The molecule has 3 heterocycles. The molecule has 2 bridgehead atoms. The lowest BCUT2D eigenvalue weighted by Crippen LogP contribution is -2.50. The first-order valence-electron chi connectivity index (χ1n) is 7.37. The predicted molar refractivity (Wildman–Crippen MR) is 78.4 cm³/mol. The summed E-state index contributed by atoms with van der Waals surface area (Å²) in [6.07, 6.45) is 2.18. The number of nitrogens with zero attached hydrogens (tertiary/aromatic N) is 2. The monoisotopic (exact) mass is 362 g/mol. The summed E-state index contributed by atoms with van der Waals surface area (Å²) < 4.78 is 34.8. The van der Waals surface area contributed by atoms with Gasteiger partial charge in [0.2, 0.25) is 0 Å². The molecule has 3 amide bonds. The van der Waals surface area contributed by atoms with Crippen molar-refractivity contribution >= 4 is 22.3 Å². The number of carbonyl (C=O) groups is 2. The molecular weight excluding hydrogens is 344 g/mol. The van der Waals surface area contributed by atoms with Crippen LogP contribution in [0.4, 0.5) is 4.79 Å². The summed E-state index contributed by atoms with van der Waals surface area (Å²) >= 11 is 0. The molecule has 11 nitrogen and oxygen atoms in total. The fourth-order valence-corrected chi connectivity index (χ4v) is 3.44. The summed E-state index contributed by atoms with van der Waals surface area (Å²) in [5, 5.41) is 3.63. The van der Waals surface area contributed by atoms with Gasteiger partial charge < -0.3 is 10.2 Å². The number of hydroxylamine groups is 3. The average Bonchev–Trinajstić information content (AvgIpc) is 3.07. The molecule has 0 aromatic rings. The molecule has 0 spiro atoms. The molecule has 0 saturated carbocycles. The third-order valence-corrected chi connectivity index (χ3v) is 4.43. The minimum Gasteiger partial charge on any atom is -0.314 e. The first-order valence-corrected chi connectivity index (χ1v) is 8.74. The van der Waals surface area contributed by atoms with Crippen molar-refractivity contribution in [3.63, 3.8) is 0 Å². The van der Waals surface area contributed by atoms with Crippen LogP contribution in [0.15, 0.2) is 11.6 Å². The normalized spacial score (nSPS) is 29.8. The Morgan fingerprint density at radius 1 is 1.50 bits per heavy atom. The molecule has 3 atom stereocenters. The maximum atomic E-state index is 12.4. The van der Waals surface area contributed by atoms with Crippen molar-refractivity contribution in [2.45, 2.75) is 31.5 Å². The minimum atomic E-state index is -4.84. The summed E-state index contributed by atoms with van der Waals surface area (Å²) in [5.74, 6) is -0.531. The highest BCUT2D eigenvalue weighted by Crippen LogP contribution is 2.30. The van der Waals surface area contributed by atoms with Crippen LogP contribution >= 0.6 is 0 Å². The number of amides is 3. The molecule has 2 fully saturated rings. The van der Waals surface area contributed by atoms with Gasteiger partial charge in [0.05, 0.1) is 18.7 Å². The van der Waals surface area contributed by atoms with E-state index in [4.69, 9.17) is 9.39 Å². The molecule has 3 N–H and O–H groups in total. The van der Waals surface area contributed by atoms with E-state index in [-0.39, 0.29) is 12.6 Å². The first kappa shape index (κ1) is 17.1. The van der Waals surface area contributed by atoms with Crippen molar-refractivity contribution in [1.82, 2.24) is 20.8 Å². The van der Waals surface area contributed by atoms with E-state index in [2.05, 4.69) is 15.1 Å². The van der Waals surface area contributed by atoms with Crippen LogP contribution in [-0.2, 0) is 24.3 Å². The molecule has 0 aliphatic carbocycles. The second-order valence-corrected chi connectivity index (χ2v) is 6.85. The van der Waals surface area contributed by atoms with Crippen LogP contribution in [-0.4, -0.2) is 72.7 Å². The SMILES string of the molecule is CC1=C[C@@H]2CN(C(=O)N2OS(=O)(=O)O)[C@@H]1C(=O)NO[C@H]1CCNC1. The quantitative estimate of drug-likeness (QED) is 0.307. The van der Waals surface area contributed by atoms with Crippen LogP contribution in [0.2, 0.25) is 0 Å². The molecule has 134 valence electrons. The van der Waals surface area contributed by atoms with Crippen LogP contribution in [0.1, 0.15) is 13.3 Å². The molecule has 0 unspecified atom stereocenters. The Morgan fingerprint density at radius 3 is 2.88 bits per heavy atom. The van der Waals surface area contributed by atoms with Gasteiger partial charge in [-0.3, -0.25) is 14.2 Å². The van der Waals surface area contributed by atoms with Crippen molar-refractivity contribution in [1.29, 1.82) is 0 Å². The fourth-order valence-electron chi connectivity index (χ4n) is 3.06. The van der Waals surface area contributed by atoms with Crippen LogP contribution in [0.5, 0.6) is 0 Å². The van der Waals surface area contributed by atoms with Crippen LogP contribution in [0.3, 0.4) is 0 Å². The highest BCUT2D eigenvalue weighted by Gasteiger charge is 2.49. The van der Waals surface area contributed by atoms with Crippen LogP contribution in [0.25, 0.3) is 0 Å². The molecule has 2 saturated heterocycles. The molecule has 0 radical (unpaired) electrons. The number of carbonyl (C=O) groups excluding carboxylic acids is 2. The van der Waals surface area contributed by atoms with Crippen LogP contribution < -0.4 is 10.8 Å². The zero-order valence-electron chi connectivity index (χ0n) is 12.8. The van der Waals surface area contributed by atoms with E-state index in [1.807, 2.05) is 0 Å². The molecule has 0 aromatic carbocycles. The maximum absolute atomic E-state index is 12.4. The van der Waals surface area contributed by atoms with E-state index < -0.39 is 34.4 Å². The fraction of sp³-hybridized carbons (Fsp3) is 0.667. The zero-order chi connectivity index (χ0) is 17.5. The molecule has 3 rings (SSSR count). The van der Waals surface area contributed by atoms with Gasteiger partial charge in [-0.1, -0.05) is 6.08 Å². The summed E-state index contributed by atoms with van der Waals surface area (Å²) in [6.45, 7) is 3.14. The lowest BCUT2D eigenvalue weighted by Gasteiger charge is -2.29. The maximum Gasteiger partial charge on any atom is 0.418 e. The second kappa shape index (κ2) is 6.29.